The standard InChI is InChI=1S/C14H13BrF2N2O2S/c1-18-13(20)11-6-3-8(15)9(19(2)22)4-10(6)21-12(11)7-5-14(7,16)17/h3-4,7,22H,5H2,1-2H3,(H,18,20). The van der Waals surface area contributed by atoms with E-state index in [1.807, 2.05) is 0 Å². The molecule has 1 heterocycles. The van der Waals surface area contributed by atoms with Crippen LogP contribution in [0.3, 0.4) is 0 Å². The van der Waals surface area contributed by atoms with E-state index in [9.17, 15) is 13.6 Å². The minimum absolute atomic E-state index is 0.0465. The summed E-state index contributed by atoms with van der Waals surface area (Å²) in [5.41, 5.74) is 1.27. The smallest absolute Gasteiger partial charge is 0.259 e. The lowest BCUT2D eigenvalue weighted by Crippen LogP contribution is -2.19. The van der Waals surface area contributed by atoms with Crippen LogP contribution in [0.25, 0.3) is 11.0 Å². The van der Waals surface area contributed by atoms with Gasteiger partial charge in [0.1, 0.15) is 11.3 Å². The van der Waals surface area contributed by atoms with Crippen molar-refractivity contribution in [1.82, 2.24) is 5.32 Å². The molecule has 0 aliphatic heterocycles. The molecule has 118 valence electrons. The van der Waals surface area contributed by atoms with Crippen molar-refractivity contribution < 1.29 is 18.0 Å². The van der Waals surface area contributed by atoms with Gasteiger partial charge in [-0.25, -0.2) is 8.78 Å². The van der Waals surface area contributed by atoms with Gasteiger partial charge in [-0.15, -0.1) is 0 Å². The monoisotopic (exact) mass is 390 g/mol. The summed E-state index contributed by atoms with van der Waals surface area (Å²) < 4.78 is 34.7. The molecular weight excluding hydrogens is 378 g/mol. The zero-order chi connectivity index (χ0) is 16.2. The normalized spacial score (nSPS) is 19.3. The van der Waals surface area contributed by atoms with Gasteiger partial charge in [0.15, 0.2) is 0 Å². The van der Waals surface area contributed by atoms with Gasteiger partial charge in [-0.3, -0.25) is 4.79 Å². The Labute approximate surface area is 139 Å². The van der Waals surface area contributed by atoms with Crippen LogP contribution in [-0.2, 0) is 0 Å². The molecule has 3 rings (SSSR count). The van der Waals surface area contributed by atoms with Crippen LogP contribution in [0.2, 0.25) is 0 Å². The minimum atomic E-state index is -2.81. The number of alkyl halides is 2. The van der Waals surface area contributed by atoms with Crippen molar-refractivity contribution >= 4 is 51.3 Å². The molecule has 1 aliphatic rings. The van der Waals surface area contributed by atoms with Gasteiger partial charge in [0.05, 0.1) is 17.2 Å². The molecule has 0 radical (unpaired) electrons. The third-order valence-electron chi connectivity index (χ3n) is 3.73. The fourth-order valence-electron chi connectivity index (χ4n) is 2.47. The van der Waals surface area contributed by atoms with E-state index in [0.717, 1.165) is 0 Å². The van der Waals surface area contributed by atoms with Gasteiger partial charge in [0, 0.05) is 36.4 Å². The van der Waals surface area contributed by atoms with Gasteiger partial charge in [-0.05, 0) is 22.0 Å². The zero-order valence-electron chi connectivity index (χ0n) is 11.8. The molecule has 1 atom stereocenters. The van der Waals surface area contributed by atoms with Crippen LogP contribution < -0.4 is 9.62 Å². The SMILES string of the molecule is CNC(=O)c1c(C2CC2(F)F)oc2cc(N(C)S)c(Br)cc12. The molecule has 8 heteroatoms. The highest BCUT2D eigenvalue weighted by Crippen LogP contribution is 2.57. The number of anilines is 1. The van der Waals surface area contributed by atoms with Crippen LogP contribution >= 0.6 is 28.7 Å². The first-order valence-corrected chi connectivity index (χ1v) is 7.74. The first-order valence-electron chi connectivity index (χ1n) is 6.54. The summed E-state index contributed by atoms with van der Waals surface area (Å²) in [6.45, 7) is 0. The summed E-state index contributed by atoms with van der Waals surface area (Å²) in [4.78, 5) is 12.1. The van der Waals surface area contributed by atoms with Gasteiger partial charge in [-0.2, -0.15) is 0 Å². The van der Waals surface area contributed by atoms with Crippen LogP contribution in [0.15, 0.2) is 21.0 Å². The van der Waals surface area contributed by atoms with Gasteiger partial charge < -0.3 is 14.0 Å². The Morgan fingerprint density at radius 1 is 1.55 bits per heavy atom. The molecule has 1 aliphatic carbocycles. The van der Waals surface area contributed by atoms with Crippen molar-refractivity contribution in [3.8, 4) is 0 Å². The first-order chi connectivity index (χ1) is 10.3. The molecule has 1 saturated carbocycles. The summed E-state index contributed by atoms with van der Waals surface area (Å²) in [7, 11) is 3.19. The van der Waals surface area contributed by atoms with E-state index in [-0.39, 0.29) is 17.7 Å². The van der Waals surface area contributed by atoms with Crippen LogP contribution in [0, 0.1) is 0 Å². The number of carbonyl (C=O) groups is 1. The van der Waals surface area contributed by atoms with E-state index in [2.05, 4.69) is 34.1 Å². The van der Waals surface area contributed by atoms with Gasteiger partial charge in [0.25, 0.3) is 11.8 Å². The van der Waals surface area contributed by atoms with Crippen LogP contribution in [0.4, 0.5) is 14.5 Å². The number of benzene rings is 1. The third-order valence-corrected chi connectivity index (χ3v) is 4.58. The van der Waals surface area contributed by atoms with Gasteiger partial charge >= 0.3 is 0 Å². The summed E-state index contributed by atoms with van der Waals surface area (Å²) >= 11 is 7.61. The molecule has 1 aromatic carbocycles. The zero-order valence-corrected chi connectivity index (χ0v) is 14.3. The van der Waals surface area contributed by atoms with Crippen molar-refractivity contribution in [3.05, 3.63) is 27.9 Å². The summed E-state index contributed by atoms with van der Waals surface area (Å²) in [6.07, 6.45) is -0.294. The maximum Gasteiger partial charge on any atom is 0.259 e. The van der Waals surface area contributed by atoms with Gasteiger partial charge in [0.2, 0.25) is 0 Å². The van der Waals surface area contributed by atoms with E-state index < -0.39 is 17.7 Å². The highest BCUT2D eigenvalue weighted by Gasteiger charge is 2.60. The summed E-state index contributed by atoms with van der Waals surface area (Å²) in [6, 6.07) is 3.36. The Hall–Kier alpha value is -1.28. The number of thiol groups is 1. The second kappa shape index (κ2) is 5.13. The number of amides is 1. The Morgan fingerprint density at radius 3 is 2.68 bits per heavy atom. The Bertz CT molecular complexity index is 776. The average Bonchev–Trinajstić information content (AvgIpc) is 2.92. The molecule has 1 N–H and O–H groups in total. The van der Waals surface area contributed by atoms with Crippen molar-refractivity contribution in [1.29, 1.82) is 0 Å². The van der Waals surface area contributed by atoms with Crippen molar-refractivity contribution in [3.63, 3.8) is 0 Å². The first kappa shape index (κ1) is 15.6. The maximum atomic E-state index is 13.4. The fourth-order valence-corrected chi connectivity index (χ4v) is 3.39. The van der Waals surface area contributed by atoms with Crippen LogP contribution in [0.5, 0.6) is 0 Å². The lowest BCUT2D eigenvalue weighted by Gasteiger charge is -2.12. The Kier molecular flexibility index (Phi) is 3.64. The lowest BCUT2D eigenvalue weighted by atomic mass is 10.1. The average molecular weight is 391 g/mol. The molecule has 22 heavy (non-hydrogen) atoms. The molecule has 2 aromatic rings. The number of halogens is 3. The summed E-state index contributed by atoms with van der Waals surface area (Å²) in [5.74, 6) is -4.24. The minimum Gasteiger partial charge on any atom is -0.460 e. The number of furan rings is 1. The topological polar surface area (TPSA) is 45.5 Å². The predicted octanol–water partition coefficient (Wildman–Crippen LogP) is 3.96. The molecule has 1 unspecified atom stereocenters. The van der Waals surface area contributed by atoms with E-state index in [4.69, 9.17) is 4.42 Å². The highest BCUT2D eigenvalue weighted by molar-refractivity contribution is 9.10. The fraction of sp³-hybridized carbons (Fsp3) is 0.357. The second-order valence-electron chi connectivity index (χ2n) is 5.26. The Morgan fingerprint density at radius 2 is 2.18 bits per heavy atom. The Balaban J connectivity index is 2.24. The predicted molar refractivity (Wildman–Crippen MR) is 87.0 cm³/mol. The van der Waals surface area contributed by atoms with Crippen molar-refractivity contribution in [2.24, 2.45) is 0 Å². The summed E-state index contributed by atoms with van der Waals surface area (Å²) in [5, 5.41) is 2.98. The number of fused-ring (bicyclic) bond motifs is 1. The largest absolute Gasteiger partial charge is 0.460 e. The number of carbonyl (C=O) groups excluding carboxylic acids is 1. The number of nitrogens with zero attached hydrogens (tertiary/aromatic N) is 1. The quantitative estimate of drug-likeness (QED) is 0.779. The highest BCUT2D eigenvalue weighted by atomic mass is 79.9. The molecule has 1 aromatic heterocycles. The number of nitrogens with one attached hydrogen (secondary N) is 1. The van der Waals surface area contributed by atoms with Crippen LogP contribution in [-0.4, -0.2) is 25.9 Å². The van der Waals surface area contributed by atoms with E-state index in [1.54, 1.807) is 23.5 Å². The molecule has 0 bridgehead atoms. The van der Waals surface area contributed by atoms with Gasteiger partial charge in [-0.1, -0.05) is 12.8 Å². The van der Waals surface area contributed by atoms with Crippen molar-refractivity contribution in [2.75, 3.05) is 18.4 Å². The molecule has 0 saturated heterocycles. The molecular formula is C14H13BrF2N2O2S. The number of hydrogen-bond donors (Lipinski definition) is 2. The number of hydrogen-bond acceptors (Lipinski definition) is 4. The van der Waals surface area contributed by atoms with Crippen LogP contribution in [0.1, 0.15) is 28.5 Å². The van der Waals surface area contributed by atoms with Crippen molar-refractivity contribution in [2.45, 2.75) is 18.3 Å². The second-order valence-corrected chi connectivity index (χ2v) is 6.72. The molecule has 1 amide bonds. The third kappa shape index (κ3) is 2.38. The van der Waals surface area contributed by atoms with E-state index in [1.165, 1.54) is 7.05 Å². The molecule has 1 fully saturated rings. The van der Waals surface area contributed by atoms with E-state index >= 15 is 0 Å². The molecule has 4 nitrogen and oxygen atoms in total. The van der Waals surface area contributed by atoms with E-state index in [0.29, 0.717) is 21.1 Å². The molecule has 0 spiro atoms. The number of rotatable bonds is 3. The maximum absolute atomic E-state index is 13.4. The lowest BCUT2D eigenvalue weighted by molar-refractivity contribution is 0.0957.